The normalized spacial score (nSPS) is 25.4. The van der Waals surface area contributed by atoms with Crippen LogP contribution in [-0.2, 0) is 6.42 Å². The zero-order valence-electron chi connectivity index (χ0n) is 12.1. The molecule has 0 aliphatic heterocycles. The standard InChI is InChI=1S/C16H26BrNS/c1-3-12-6-5-7-13(10-12)15(18-4-2)11-16-14(17)8-9-19-16/h8-9,12-13,15,18H,3-7,10-11H2,1-2H3. The first-order chi connectivity index (χ1) is 9.24. The van der Waals surface area contributed by atoms with Crippen LogP contribution in [0.2, 0.25) is 0 Å². The van der Waals surface area contributed by atoms with Crippen LogP contribution < -0.4 is 5.32 Å². The number of thiophene rings is 1. The molecule has 3 unspecified atom stereocenters. The van der Waals surface area contributed by atoms with E-state index in [1.54, 1.807) is 0 Å². The zero-order chi connectivity index (χ0) is 13.7. The van der Waals surface area contributed by atoms with Gasteiger partial charge in [-0.3, -0.25) is 0 Å². The summed E-state index contributed by atoms with van der Waals surface area (Å²) in [6, 6.07) is 2.84. The van der Waals surface area contributed by atoms with Gasteiger partial charge in [0.15, 0.2) is 0 Å². The molecule has 1 nitrogen and oxygen atoms in total. The lowest BCUT2D eigenvalue weighted by atomic mass is 9.76. The number of likely N-dealkylation sites (N-methyl/N-ethyl adjacent to an activating group) is 1. The van der Waals surface area contributed by atoms with Crippen LogP contribution in [0.3, 0.4) is 0 Å². The van der Waals surface area contributed by atoms with Gasteiger partial charge in [0.05, 0.1) is 0 Å². The summed E-state index contributed by atoms with van der Waals surface area (Å²) in [5, 5.41) is 5.94. The number of nitrogens with one attached hydrogen (secondary N) is 1. The van der Waals surface area contributed by atoms with Gasteiger partial charge in [0.2, 0.25) is 0 Å². The molecular weight excluding hydrogens is 318 g/mol. The summed E-state index contributed by atoms with van der Waals surface area (Å²) in [5.41, 5.74) is 0. The minimum absolute atomic E-state index is 0.661. The molecule has 0 spiro atoms. The van der Waals surface area contributed by atoms with Crippen LogP contribution in [-0.4, -0.2) is 12.6 Å². The molecule has 1 aromatic heterocycles. The molecule has 1 saturated carbocycles. The monoisotopic (exact) mass is 343 g/mol. The van der Waals surface area contributed by atoms with E-state index in [4.69, 9.17) is 0 Å². The highest BCUT2D eigenvalue weighted by Gasteiger charge is 2.27. The van der Waals surface area contributed by atoms with Crippen LogP contribution in [0.4, 0.5) is 0 Å². The maximum absolute atomic E-state index is 3.75. The highest BCUT2D eigenvalue weighted by molar-refractivity contribution is 9.10. The molecule has 1 aliphatic carbocycles. The summed E-state index contributed by atoms with van der Waals surface area (Å²) in [4.78, 5) is 1.50. The lowest BCUT2D eigenvalue weighted by Gasteiger charge is -2.34. The van der Waals surface area contributed by atoms with Crippen LogP contribution in [0, 0.1) is 11.8 Å². The molecule has 3 atom stereocenters. The van der Waals surface area contributed by atoms with Gasteiger partial charge >= 0.3 is 0 Å². The molecule has 1 heterocycles. The van der Waals surface area contributed by atoms with Crippen LogP contribution >= 0.6 is 27.3 Å². The minimum Gasteiger partial charge on any atom is -0.314 e. The molecule has 0 radical (unpaired) electrons. The Bertz CT molecular complexity index is 377. The van der Waals surface area contributed by atoms with Crippen molar-refractivity contribution in [2.45, 2.75) is 58.4 Å². The summed E-state index contributed by atoms with van der Waals surface area (Å²) >= 11 is 5.57. The number of hydrogen-bond donors (Lipinski definition) is 1. The Morgan fingerprint density at radius 2 is 2.26 bits per heavy atom. The molecule has 0 bridgehead atoms. The van der Waals surface area contributed by atoms with Crippen molar-refractivity contribution in [1.29, 1.82) is 0 Å². The van der Waals surface area contributed by atoms with Crippen LogP contribution in [0.15, 0.2) is 15.9 Å². The molecule has 0 amide bonds. The third-order valence-corrected chi connectivity index (χ3v) is 6.48. The van der Waals surface area contributed by atoms with Gasteiger partial charge in [0, 0.05) is 15.4 Å². The molecule has 108 valence electrons. The number of halogens is 1. The van der Waals surface area contributed by atoms with Crippen molar-refractivity contribution in [1.82, 2.24) is 5.32 Å². The zero-order valence-corrected chi connectivity index (χ0v) is 14.5. The summed E-state index contributed by atoms with van der Waals surface area (Å²) in [7, 11) is 0. The predicted octanol–water partition coefficient (Wildman–Crippen LogP) is 5.25. The molecule has 1 fully saturated rings. The summed E-state index contributed by atoms with van der Waals surface area (Å²) < 4.78 is 1.29. The molecule has 3 heteroatoms. The van der Waals surface area contributed by atoms with E-state index >= 15 is 0 Å². The van der Waals surface area contributed by atoms with E-state index in [1.165, 1.54) is 47.9 Å². The van der Waals surface area contributed by atoms with Gasteiger partial charge in [0.25, 0.3) is 0 Å². The van der Waals surface area contributed by atoms with Gasteiger partial charge in [0.1, 0.15) is 0 Å². The maximum atomic E-state index is 3.75. The van der Waals surface area contributed by atoms with Gasteiger partial charge in [-0.05, 0) is 65.0 Å². The highest BCUT2D eigenvalue weighted by atomic mass is 79.9. The Kier molecular flexibility index (Phi) is 6.37. The molecule has 19 heavy (non-hydrogen) atoms. The Balaban J connectivity index is 2.00. The van der Waals surface area contributed by atoms with Crippen molar-refractivity contribution < 1.29 is 0 Å². The second-order valence-electron chi connectivity index (χ2n) is 5.76. The quantitative estimate of drug-likeness (QED) is 0.743. The van der Waals surface area contributed by atoms with E-state index in [2.05, 4.69) is 46.5 Å². The number of hydrogen-bond acceptors (Lipinski definition) is 2. The SMILES string of the molecule is CCNC(Cc1sccc1Br)C1CCCC(CC)C1. The van der Waals surface area contributed by atoms with E-state index in [-0.39, 0.29) is 0 Å². The van der Waals surface area contributed by atoms with Crippen molar-refractivity contribution in [3.05, 3.63) is 20.8 Å². The first kappa shape index (κ1) is 15.5. The second kappa shape index (κ2) is 7.80. The van der Waals surface area contributed by atoms with E-state index in [0.717, 1.165) is 18.4 Å². The Hall–Kier alpha value is 0.140. The average Bonchev–Trinajstić information content (AvgIpc) is 2.84. The second-order valence-corrected chi connectivity index (χ2v) is 7.62. The first-order valence-electron chi connectivity index (χ1n) is 7.69. The number of rotatable bonds is 6. The fourth-order valence-electron chi connectivity index (χ4n) is 3.41. The molecule has 1 aliphatic rings. The van der Waals surface area contributed by atoms with Gasteiger partial charge < -0.3 is 5.32 Å². The van der Waals surface area contributed by atoms with E-state index in [0.29, 0.717) is 6.04 Å². The summed E-state index contributed by atoms with van der Waals surface area (Å²) in [6.45, 7) is 5.67. The fraction of sp³-hybridized carbons (Fsp3) is 0.750. The Labute approximate surface area is 130 Å². The molecule has 1 N–H and O–H groups in total. The van der Waals surface area contributed by atoms with Gasteiger partial charge in [-0.25, -0.2) is 0 Å². The van der Waals surface area contributed by atoms with Gasteiger partial charge in [-0.15, -0.1) is 11.3 Å². The minimum atomic E-state index is 0.661. The molecule has 2 rings (SSSR count). The van der Waals surface area contributed by atoms with Crippen molar-refractivity contribution in [3.8, 4) is 0 Å². The van der Waals surface area contributed by atoms with E-state index in [9.17, 15) is 0 Å². The molecular formula is C16H26BrNS. The van der Waals surface area contributed by atoms with Crippen LogP contribution in [0.25, 0.3) is 0 Å². The predicted molar refractivity (Wildman–Crippen MR) is 88.9 cm³/mol. The molecule has 0 saturated heterocycles. The van der Waals surface area contributed by atoms with Crippen LogP contribution in [0.5, 0.6) is 0 Å². The third kappa shape index (κ3) is 4.30. The van der Waals surface area contributed by atoms with Crippen molar-refractivity contribution >= 4 is 27.3 Å². The third-order valence-electron chi connectivity index (χ3n) is 4.53. The van der Waals surface area contributed by atoms with Crippen LogP contribution in [0.1, 0.15) is 50.8 Å². The largest absolute Gasteiger partial charge is 0.314 e. The smallest absolute Gasteiger partial charge is 0.0314 e. The van der Waals surface area contributed by atoms with Gasteiger partial charge in [-0.2, -0.15) is 0 Å². The fourth-order valence-corrected chi connectivity index (χ4v) is 4.98. The van der Waals surface area contributed by atoms with Crippen molar-refractivity contribution in [2.75, 3.05) is 6.54 Å². The highest BCUT2D eigenvalue weighted by Crippen LogP contribution is 2.35. The van der Waals surface area contributed by atoms with E-state index in [1.807, 2.05) is 11.3 Å². The molecule has 0 aromatic carbocycles. The Morgan fingerprint density at radius 1 is 1.42 bits per heavy atom. The topological polar surface area (TPSA) is 12.0 Å². The first-order valence-corrected chi connectivity index (χ1v) is 9.37. The van der Waals surface area contributed by atoms with Gasteiger partial charge in [-0.1, -0.05) is 33.1 Å². The average molecular weight is 344 g/mol. The maximum Gasteiger partial charge on any atom is 0.0314 e. The van der Waals surface area contributed by atoms with Crippen molar-refractivity contribution in [3.63, 3.8) is 0 Å². The lowest BCUT2D eigenvalue weighted by molar-refractivity contribution is 0.209. The summed E-state index contributed by atoms with van der Waals surface area (Å²) in [6.07, 6.45) is 8.27. The lowest BCUT2D eigenvalue weighted by Crippen LogP contribution is -2.40. The van der Waals surface area contributed by atoms with E-state index < -0.39 is 0 Å². The molecule has 1 aromatic rings. The summed E-state index contributed by atoms with van der Waals surface area (Å²) in [5.74, 6) is 1.83. The van der Waals surface area contributed by atoms with Crippen molar-refractivity contribution in [2.24, 2.45) is 11.8 Å². The Morgan fingerprint density at radius 3 is 2.89 bits per heavy atom.